The third-order valence-electron chi connectivity index (χ3n) is 3.78. The average molecular weight is 317 g/mol. The van der Waals surface area contributed by atoms with Gasteiger partial charge in [-0.15, -0.1) is 0 Å². The normalized spacial score (nSPS) is 17.3. The van der Waals surface area contributed by atoms with Crippen LogP contribution >= 0.6 is 0 Å². The summed E-state index contributed by atoms with van der Waals surface area (Å²) in [6, 6.07) is 12.6. The van der Waals surface area contributed by atoms with Crippen LogP contribution in [-0.2, 0) is 16.4 Å². The van der Waals surface area contributed by atoms with E-state index in [1.807, 2.05) is 6.92 Å². The number of rotatable bonds is 3. The van der Waals surface area contributed by atoms with Crippen LogP contribution in [0.25, 0.3) is 0 Å². The molecule has 1 aliphatic rings. The lowest BCUT2D eigenvalue weighted by atomic mass is 10.1. The van der Waals surface area contributed by atoms with Gasteiger partial charge in [0.25, 0.3) is 10.0 Å². The van der Waals surface area contributed by atoms with Gasteiger partial charge >= 0.3 is 5.97 Å². The highest BCUT2D eigenvalue weighted by molar-refractivity contribution is 7.92. The number of benzene rings is 2. The molecule has 2 aromatic carbocycles. The van der Waals surface area contributed by atoms with Gasteiger partial charge in [0.05, 0.1) is 16.1 Å². The molecule has 114 valence electrons. The summed E-state index contributed by atoms with van der Waals surface area (Å²) in [5.74, 6) is -1.01. The Balaban J connectivity index is 2.09. The Bertz CT molecular complexity index is 830. The number of carboxylic acids is 1. The molecular formula is C16H15NO4S. The summed E-state index contributed by atoms with van der Waals surface area (Å²) in [7, 11) is -3.65. The van der Waals surface area contributed by atoms with Gasteiger partial charge in [0.15, 0.2) is 0 Å². The van der Waals surface area contributed by atoms with Crippen LogP contribution in [0.3, 0.4) is 0 Å². The van der Waals surface area contributed by atoms with Crippen molar-refractivity contribution in [2.24, 2.45) is 0 Å². The summed E-state index contributed by atoms with van der Waals surface area (Å²) in [5, 5.41) is 9.05. The van der Waals surface area contributed by atoms with Crippen LogP contribution in [0.2, 0.25) is 0 Å². The Morgan fingerprint density at radius 2 is 1.86 bits per heavy atom. The second-order valence-electron chi connectivity index (χ2n) is 5.32. The number of nitrogens with zero attached hydrogens (tertiary/aromatic N) is 1. The molecule has 0 bridgehead atoms. The van der Waals surface area contributed by atoms with Crippen molar-refractivity contribution in [2.75, 3.05) is 4.31 Å². The molecule has 1 N–H and O–H groups in total. The zero-order valence-electron chi connectivity index (χ0n) is 11.9. The monoisotopic (exact) mass is 317 g/mol. The summed E-state index contributed by atoms with van der Waals surface area (Å²) >= 11 is 0. The zero-order valence-corrected chi connectivity index (χ0v) is 12.7. The molecule has 0 aromatic heterocycles. The molecule has 0 unspecified atom stereocenters. The maximum absolute atomic E-state index is 12.8. The van der Waals surface area contributed by atoms with Gasteiger partial charge in [0, 0.05) is 6.04 Å². The van der Waals surface area contributed by atoms with E-state index in [2.05, 4.69) is 0 Å². The Morgan fingerprint density at radius 1 is 1.18 bits per heavy atom. The zero-order chi connectivity index (χ0) is 15.9. The number of carboxylic acid groups (broad SMARTS) is 1. The van der Waals surface area contributed by atoms with Crippen molar-refractivity contribution >= 4 is 21.7 Å². The van der Waals surface area contributed by atoms with Crippen molar-refractivity contribution in [1.29, 1.82) is 0 Å². The van der Waals surface area contributed by atoms with Crippen molar-refractivity contribution in [2.45, 2.75) is 24.3 Å². The molecule has 0 saturated heterocycles. The van der Waals surface area contributed by atoms with Gasteiger partial charge in [-0.05, 0) is 49.2 Å². The lowest BCUT2D eigenvalue weighted by Crippen LogP contribution is -2.35. The van der Waals surface area contributed by atoms with E-state index in [0.29, 0.717) is 12.1 Å². The third-order valence-corrected chi connectivity index (χ3v) is 5.72. The van der Waals surface area contributed by atoms with Crippen molar-refractivity contribution in [3.63, 3.8) is 0 Å². The summed E-state index contributed by atoms with van der Waals surface area (Å²) in [6.45, 7) is 1.82. The van der Waals surface area contributed by atoms with Crippen molar-refractivity contribution < 1.29 is 18.3 Å². The SMILES string of the molecule is C[C@@H]1Cc2cc(C(=O)O)ccc2N1S(=O)(=O)c1ccccc1. The number of fused-ring (bicyclic) bond motifs is 1. The van der Waals surface area contributed by atoms with Gasteiger partial charge in [-0.25, -0.2) is 13.2 Å². The fourth-order valence-electron chi connectivity index (χ4n) is 2.81. The first kappa shape index (κ1) is 14.6. The Hall–Kier alpha value is -2.34. The van der Waals surface area contributed by atoms with Crippen molar-refractivity contribution in [1.82, 2.24) is 0 Å². The molecule has 6 heteroatoms. The van der Waals surface area contributed by atoms with Gasteiger partial charge in [-0.3, -0.25) is 4.31 Å². The van der Waals surface area contributed by atoms with E-state index in [-0.39, 0.29) is 16.5 Å². The molecule has 2 aromatic rings. The number of carbonyl (C=O) groups is 1. The van der Waals surface area contributed by atoms with Gasteiger partial charge < -0.3 is 5.11 Å². The quantitative estimate of drug-likeness (QED) is 0.944. The number of hydrogen-bond acceptors (Lipinski definition) is 3. The van der Waals surface area contributed by atoms with Crippen molar-refractivity contribution in [3.8, 4) is 0 Å². The maximum atomic E-state index is 12.8. The van der Waals surface area contributed by atoms with Gasteiger partial charge in [0.2, 0.25) is 0 Å². The molecule has 0 spiro atoms. The average Bonchev–Trinajstić information content (AvgIpc) is 2.83. The first-order chi connectivity index (χ1) is 10.4. The van der Waals surface area contributed by atoms with Gasteiger partial charge in [0.1, 0.15) is 0 Å². The van der Waals surface area contributed by atoms with E-state index >= 15 is 0 Å². The highest BCUT2D eigenvalue weighted by atomic mass is 32.2. The van der Waals surface area contributed by atoms with E-state index in [4.69, 9.17) is 5.11 Å². The van der Waals surface area contributed by atoms with Crippen LogP contribution in [0.4, 0.5) is 5.69 Å². The molecule has 1 aliphatic heterocycles. The Labute approximate surface area is 128 Å². The summed E-state index contributed by atoms with van der Waals surface area (Å²) < 4.78 is 27.1. The first-order valence-electron chi connectivity index (χ1n) is 6.87. The van der Waals surface area contributed by atoms with E-state index in [1.165, 1.54) is 10.4 Å². The molecule has 0 amide bonds. The minimum absolute atomic E-state index is 0.171. The van der Waals surface area contributed by atoms with Crippen LogP contribution in [-0.4, -0.2) is 25.5 Å². The smallest absolute Gasteiger partial charge is 0.335 e. The minimum atomic E-state index is -3.65. The van der Waals surface area contributed by atoms with Crippen LogP contribution in [0, 0.1) is 0 Å². The fourth-order valence-corrected chi connectivity index (χ4v) is 4.52. The number of sulfonamides is 1. The second-order valence-corrected chi connectivity index (χ2v) is 7.13. The molecule has 0 saturated carbocycles. The summed E-state index contributed by atoms with van der Waals surface area (Å²) in [4.78, 5) is 11.3. The van der Waals surface area contributed by atoms with E-state index in [9.17, 15) is 13.2 Å². The molecule has 3 rings (SSSR count). The summed E-state index contributed by atoms with van der Waals surface area (Å²) in [6.07, 6.45) is 0.502. The molecule has 0 fully saturated rings. The number of hydrogen-bond donors (Lipinski definition) is 1. The highest BCUT2D eigenvalue weighted by Crippen LogP contribution is 2.37. The number of aromatic carboxylic acids is 1. The van der Waals surface area contributed by atoms with Gasteiger partial charge in [-0.1, -0.05) is 18.2 Å². The molecule has 1 atom stereocenters. The van der Waals surface area contributed by atoms with Gasteiger partial charge in [-0.2, -0.15) is 0 Å². The standard InChI is InChI=1S/C16H15NO4S/c1-11-9-13-10-12(16(18)19)7-8-15(13)17(11)22(20,21)14-5-3-2-4-6-14/h2-8,10-11H,9H2,1H3,(H,18,19)/t11-/m1/s1. The van der Waals surface area contributed by atoms with E-state index < -0.39 is 16.0 Å². The van der Waals surface area contributed by atoms with Crippen molar-refractivity contribution in [3.05, 3.63) is 59.7 Å². The fraction of sp³-hybridized carbons (Fsp3) is 0.188. The lowest BCUT2D eigenvalue weighted by molar-refractivity contribution is 0.0697. The molecule has 22 heavy (non-hydrogen) atoms. The maximum Gasteiger partial charge on any atom is 0.335 e. The predicted octanol–water partition coefficient (Wildman–Crippen LogP) is 2.52. The van der Waals surface area contributed by atoms with Crippen LogP contribution in [0.15, 0.2) is 53.4 Å². The lowest BCUT2D eigenvalue weighted by Gasteiger charge is -2.24. The highest BCUT2D eigenvalue weighted by Gasteiger charge is 2.36. The van der Waals surface area contributed by atoms with E-state index in [1.54, 1.807) is 42.5 Å². The van der Waals surface area contributed by atoms with Crippen LogP contribution in [0.1, 0.15) is 22.8 Å². The third kappa shape index (κ3) is 2.25. The molecule has 0 aliphatic carbocycles. The largest absolute Gasteiger partial charge is 0.478 e. The number of anilines is 1. The molecular weight excluding hydrogens is 302 g/mol. The molecule has 0 radical (unpaired) electrons. The second kappa shape index (κ2) is 5.14. The predicted molar refractivity (Wildman–Crippen MR) is 82.7 cm³/mol. The topological polar surface area (TPSA) is 74.7 Å². The molecule has 1 heterocycles. The first-order valence-corrected chi connectivity index (χ1v) is 8.31. The molecule has 5 nitrogen and oxygen atoms in total. The van der Waals surface area contributed by atoms with Crippen LogP contribution < -0.4 is 4.31 Å². The van der Waals surface area contributed by atoms with Crippen LogP contribution in [0.5, 0.6) is 0 Å². The Morgan fingerprint density at radius 3 is 2.50 bits per heavy atom. The Kier molecular flexibility index (Phi) is 3.41. The summed E-state index contributed by atoms with van der Waals surface area (Å²) in [5.41, 5.74) is 1.47. The van der Waals surface area contributed by atoms with E-state index in [0.717, 1.165) is 5.56 Å². The minimum Gasteiger partial charge on any atom is -0.478 e.